The van der Waals surface area contributed by atoms with E-state index >= 15 is 8.78 Å². The molecule has 9 nitrogen and oxygen atoms in total. The minimum atomic E-state index is -0.954. The van der Waals surface area contributed by atoms with Gasteiger partial charge in [0.25, 0.3) is 5.91 Å². The zero-order valence-corrected chi connectivity index (χ0v) is 21.9. The number of rotatable bonds is 6. The normalized spacial score (nSPS) is 14.3. The summed E-state index contributed by atoms with van der Waals surface area (Å²) in [6.07, 6.45) is 3.28. The van der Waals surface area contributed by atoms with Crippen molar-refractivity contribution in [3.63, 3.8) is 0 Å². The van der Waals surface area contributed by atoms with Crippen LogP contribution >= 0.6 is 0 Å². The lowest BCUT2D eigenvalue weighted by molar-refractivity contribution is -0.0348. The van der Waals surface area contributed by atoms with Gasteiger partial charge in [-0.15, -0.1) is 0 Å². The van der Waals surface area contributed by atoms with E-state index in [0.717, 1.165) is 6.07 Å². The molecule has 1 aliphatic heterocycles. The number of hydrogen-bond acceptors (Lipinski definition) is 7. The molecule has 1 aliphatic rings. The molecule has 0 bridgehead atoms. The number of benzene rings is 1. The van der Waals surface area contributed by atoms with Gasteiger partial charge in [-0.1, -0.05) is 0 Å². The molecule has 198 valence electrons. The smallest absolute Gasteiger partial charge is 0.275 e. The SMILES string of the molecule is Cc1nc2c(F)cc(-c3nc(N)nc(C(=O)N4CC(C(C)(C)Oc5cccnc5)C4)c3F)cc2n1C(C)C. The molecule has 1 amide bonds. The summed E-state index contributed by atoms with van der Waals surface area (Å²) in [5.74, 6) is -1.21. The number of halogens is 2. The van der Waals surface area contributed by atoms with Crippen LogP contribution in [-0.2, 0) is 0 Å². The fourth-order valence-corrected chi connectivity index (χ4v) is 4.88. The van der Waals surface area contributed by atoms with Crippen LogP contribution in [0.15, 0.2) is 36.7 Å². The average molecular weight is 522 g/mol. The standard InChI is InChI=1S/C27H29F2N7O2/c1-14(2)36-15(3)32-23-19(28)9-16(10-20(23)36)22-21(29)24(34-26(30)33-22)25(37)35-12-17(13-35)27(4,5)38-18-7-6-8-31-11-18/h6-11,14,17H,12-13H2,1-5H3,(H2,30,33,34). The second-order valence-electron chi connectivity index (χ2n) is 10.3. The maximum atomic E-state index is 15.7. The molecule has 2 N–H and O–H groups in total. The number of nitrogens with zero attached hydrogens (tertiary/aromatic N) is 6. The number of hydrogen-bond donors (Lipinski definition) is 1. The number of likely N-dealkylation sites (tertiary alicyclic amines) is 1. The molecule has 1 saturated heterocycles. The quantitative estimate of drug-likeness (QED) is 0.396. The summed E-state index contributed by atoms with van der Waals surface area (Å²) >= 11 is 0. The number of carbonyl (C=O) groups is 1. The van der Waals surface area contributed by atoms with E-state index < -0.39 is 28.8 Å². The Labute approximate surface area is 218 Å². The third-order valence-corrected chi connectivity index (χ3v) is 6.95. The summed E-state index contributed by atoms with van der Waals surface area (Å²) < 4.78 is 38.7. The first-order chi connectivity index (χ1) is 18.0. The van der Waals surface area contributed by atoms with E-state index in [1.165, 1.54) is 4.90 Å². The monoisotopic (exact) mass is 521 g/mol. The van der Waals surface area contributed by atoms with Gasteiger partial charge in [0.2, 0.25) is 5.95 Å². The maximum Gasteiger partial charge on any atom is 0.275 e. The van der Waals surface area contributed by atoms with Crippen molar-refractivity contribution >= 4 is 22.9 Å². The van der Waals surface area contributed by atoms with Gasteiger partial charge in [-0.25, -0.2) is 23.7 Å². The van der Waals surface area contributed by atoms with Gasteiger partial charge in [0.05, 0.1) is 11.7 Å². The van der Waals surface area contributed by atoms with Crippen molar-refractivity contribution in [2.45, 2.75) is 46.3 Å². The largest absolute Gasteiger partial charge is 0.486 e. The van der Waals surface area contributed by atoms with Gasteiger partial charge in [0, 0.05) is 36.8 Å². The Hall–Kier alpha value is -4.15. The number of amides is 1. The number of imidazole rings is 1. The third kappa shape index (κ3) is 4.42. The van der Waals surface area contributed by atoms with Crippen LogP contribution in [0.5, 0.6) is 5.75 Å². The van der Waals surface area contributed by atoms with Crippen LogP contribution in [0.4, 0.5) is 14.7 Å². The van der Waals surface area contributed by atoms with Gasteiger partial charge in [-0.3, -0.25) is 9.78 Å². The fourth-order valence-electron chi connectivity index (χ4n) is 4.88. The number of nitrogens with two attached hydrogens (primary N) is 1. The number of aryl methyl sites for hydroxylation is 1. The molecule has 1 aromatic carbocycles. The van der Waals surface area contributed by atoms with Crippen LogP contribution < -0.4 is 10.5 Å². The zero-order chi connectivity index (χ0) is 27.4. The lowest BCUT2D eigenvalue weighted by Gasteiger charge is -2.47. The Morgan fingerprint density at radius 2 is 1.92 bits per heavy atom. The summed E-state index contributed by atoms with van der Waals surface area (Å²) in [4.78, 5) is 31.0. The molecule has 4 heterocycles. The Morgan fingerprint density at radius 1 is 1.18 bits per heavy atom. The summed E-state index contributed by atoms with van der Waals surface area (Å²) in [6, 6.07) is 6.35. The number of fused-ring (bicyclic) bond motifs is 1. The number of ether oxygens (including phenoxy) is 1. The molecule has 4 aromatic rings. The summed E-state index contributed by atoms with van der Waals surface area (Å²) in [5, 5.41) is 0. The Kier molecular flexibility index (Phi) is 6.24. The number of anilines is 1. The molecule has 38 heavy (non-hydrogen) atoms. The summed E-state index contributed by atoms with van der Waals surface area (Å²) in [5.41, 5.74) is 5.43. The first kappa shape index (κ1) is 25.5. The predicted molar refractivity (Wildman–Crippen MR) is 139 cm³/mol. The molecule has 0 radical (unpaired) electrons. The highest BCUT2D eigenvalue weighted by Crippen LogP contribution is 2.34. The summed E-state index contributed by atoms with van der Waals surface area (Å²) in [7, 11) is 0. The molecule has 0 spiro atoms. The van der Waals surface area contributed by atoms with Crippen LogP contribution in [0, 0.1) is 24.5 Å². The first-order valence-electron chi connectivity index (χ1n) is 12.4. The minimum absolute atomic E-state index is 0.00199. The molecule has 0 unspecified atom stereocenters. The number of aromatic nitrogens is 5. The minimum Gasteiger partial charge on any atom is -0.486 e. The van der Waals surface area contributed by atoms with Crippen molar-refractivity contribution in [2.75, 3.05) is 18.8 Å². The summed E-state index contributed by atoms with van der Waals surface area (Å²) in [6.45, 7) is 10.2. The highest BCUT2D eigenvalue weighted by atomic mass is 19.1. The van der Waals surface area contributed by atoms with E-state index in [0.29, 0.717) is 30.2 Å². The van der Waals surface area contributed by atoms with Crippen molar-refractivity contribution in [1.29, 1.82) is 0 Å². The van der Waals surface area contributed by atoms with Gasteiger partial charge in [-0.2, -0.15) is 0 Å². The van der Waals surface area contributed by atoms with Gasteiger partial charge < -0.3 is 19.9 Å². The molecule has 0 saturated carbocycles. The number of carbonyl (C=O) groups excluding carboxylic acids is 1. The molecule has 0 aliphatic carbocycles. The number of pyridine rings is 1. The van der Waals surface area contributed by atoms with Crippen molar-refractivity contribution in [2.24, 2.45) is 5.92 Å². The maximum absolute atomic E-state index is 15.7. The van der Waals surface area contributed by atoms with E-state index in [9.17, 15) is 4.79 Å². The molecule has 1 fully saturated rings. The Balaban J connectivity index is 1.42. The van der Waals surface area contributed by atoms with Gasteiger partial charge in [0.15, 0.2) is 17.3 Å². The lowest BCUT2D eigenvalue weighted by Crippen LogP contribution is -2.59. The van der Waals surface area contributed by atoms with Crippen LogP contribution in [0.1, 0.15) is 50.0 Å². The number of nitrogen functional groups attached to an aromatic ring is 1. The van der Waals surface area contributed by atoms with Gasteiger partial charge in [0.1, 0.15) is 28.4 Å². The second kappa shape index (κ2) is 9.30. The lowest BCUT2D eigenvalue weighted by atomic mass is 9.84. The highest BCUT2D eigenvalue weighted by molar-refractivity contribution is 5.95. The molecular formula is C27H29F2N7O2. The van der Waals surface area contributed by atoms with Crippen molar-refractivity contribution < 1.29 is 18.3 Å². The van der Waals surface area contributed by atoms with E-state index in [1.54, 1.807) is 31.5 Å². The van der Waals surface area contributed by atoms with Gasteiger partial charge in [-0.05, 0) is 58.9 Å². The zero-order valence-electron chi connectivity index (χ0n) is 21.9. The first-order valence-corrected chi connectivity index (χ1v) is 12.4. The van der Waals surface area contributed by atoms with E-state index in [-0.39, 0.29) is 34.7 Å². The van der Waals surface area contributed by atoms with Gasteiger partial charge >= 0.3 is 0 Å². The van der Waals surface area contributed by atoms with Crippen LogP contribution in [0.25, 0.3) is 22.3 Å². The predicted octanol–water partition coefficient (Wildman–Crippen LogP) is 4.57. The van der Waals surface area contributed by atoms with E-state index in [2.05, 4.69) is 19.9 Å². The fraction of sp³-hybridized carbons (Fsp3) is 0.370. The molecule has 5 rings (SSSR count). The Bertz CT molecular complexity index is 1530. The topological polar surface area (TPSA) is 112 Å². The highest BCUT2D eigenvalue weighted by Gasteiger charge is 2.44. The van der Waals surface area contributed by atoms with Crippen LogP contribution in [-0.4, -0.2) is 54.0 Å². The van der Waals surface area contributed by atoms with Crippen molar-refractivity contribution in [1.82, 2.24) is 29.4 Å². The molecule has 0 atom stereocenters. The molecular weight excluding hydrogens is 492 g/mol. The van der Waals surface area contributed by atoms with E-state index in [4.69, 9.17) is 10.5 Å². The Morgan fingerprint density at radius 3 is 2.58 bits per heavy atom. The van der Waals surface area contributed by atoms with E-state index in [1.807, 2.05) is 38.3 Å². The second-order valence-corrected chi connectivity index (χ2v) is 10.3. The van der Waals surface area contributed by atoms with Crippen LogP contribution in [0.2, 0.25) is 0 Å². The molecule has 3 aromatic heterocycles. The third-order valence-electron chi connectivity index (χ3n) is 6.95. The van der Waals surface area contributed by atoms with Crippen molar-refractivity contribution in [3.05, 3.63) is 59.8 Å². The van der Waals surface area contributed by atoms with Crippen molar-refractivity contribution in [3.8, 4) is 17.0 Å². The molecule has 11 heteroatoms. The van der Waals surface area contributed by atoms with Crippen LogP contribution in [0.3, 0.4) is 0 Å². The average Bonchev–Trinajstić information content (AvgIpc) is 3.16.